The number of esters is 2. The molecular weight excluding hydrogens is 500 g/mol. The van der Waals surface area contributed by atoms with Gasteiger partial charge in [-0.1, -0.05) is 0 Å². The van der Waals surface area contributed by atoms with E-state index < -0.39 is 10.8 Å². The summed E-state index contributed by atoms with van der Waals surface area (Å²) in [6.07, 6.45) is 2.75. The Hall–Kier alpha value is -3.46. The van der Waals surface area contributed by atoms with Crippen LogP contribution >= 0.6 is 0 Å². The number of nitrogens with zero attached hydrogens (tertiary/aromatic N) is 2. The van der Waals surface area contributed by atoms with Crippen molar-refractivity contribution >= 4 is 23.3 Å². The number of unbranched alkanes of at least 4 members (excludes halogenated alkanes) is 2. The molecule has 0 aliphatic carbocycles. The fourth-order valence-corrected chi connectivity index (χ4v) is 3.97. The highest BCUT2D eigenvalue weighted by molar-refractivity contribution is 5.80. The van der Waals surface area contributed by atoms with Crippen LogP contribution in [-0.2, 0) is 23.8 Å². The predicted octanol–water partition coefficient (Wildman–Crippen LogP) is 6.84. The summed E-state index contributed by atoms with van der Waals surface area (Å²) in [5.41, 5.74) is -0.153. The van der Waals surface area contributed by atoms with E-state index in [2.05, 4.69) is 10.2 Å². The van der Waals surface area contributed by atoms with Gasteiger partial charge in [0.1, 0.15) is 18.1 Å². The number of azo groups is 1. The zero-order chi connectivity index (χ0) is 28.7. The summed E-state index contributed by atoms with van der Waals surface area (Å²) in [4.78, 5) is 25.0. The van der Waals surface area contributed by atoms with E-state index in [4.69, 9.17) is 23.7 Å². The second-order valence-electron chi connectivity index (χ2n) is 10.5. The lowest BCUT2D eigenvalue weighted by Gasteiger charge is -2.31. The molecule has 2 aromatic rings. The number of benzene rings is 2. The van der Waals surface area contributed by atoms with Crippen LogP contribution in [0.5, 0.6) is 11.5 Å². The quantitative estimate of drug-likeness (QED) is 0.122. The molecule has 0 fully saturated rings. The molecule has 9 heteroatoms. The van der Waals surface area contributed by atoms with Gasteiger partial charge in [0.05, 0.1) is 49.1 Å². The first-order valence-electron chi connectivity index (χ1n) is 13.2. The molecule has 9 nitrogen and oxygen atoms in total. The van der Waals surface area contributed by atoms with Crippen LogP contribution in [-0.4, -0.2) is 52.6 Å². The fraction of sp³-hybridized carbons (Fsp3) is 0.533. The van der Waals surface area contributed by atoms with Gasteiger partial charge in [0.2, 0.25) is 0 Å². The minimum absolute atomic E-state index is 0.191. The lowest BCUT2D eigenvalue weighted by atomic mass is 9.75. The van der Waals surface area contributed by atoms with Crippen molar-refractivity contribution in [2.45, 2.75) is 53.4 Å². The Balaban J connectivity index is 1.63. The topological polar surface area (TPSA) is 105 Å². The summed E-state index contributed by atoms with van der Waals surface area (Å²) in [7, 11) is 3.17. The van der Waals surface area contributed by atoms with E-state index in [0.29, 0.717) is 26.2 Å². The molecule has 2 aromatic carbocycles. The highest BCUT2D eigenvalue weighted by atomic mass is 16.6. The van der Waals surface area contributed by atoms with E-state index in [1.54, 1.807) is 41.9 Å². The van der Waals surface area contributed by atoms with Gasteiger partial charge in [-0.2, -0.15) is 10.2 Å². The third-order valence-corrected chi connectivity index (χ3v) is 5.99. The number of rotatable bonds is 17. The maximum Gasteiger partial charge on any atom is 0.311 e. The molecule has 0 saturated carbocycles. The number of methoxy groups -OCH3 is 2. The van der Waals surface area contributed by atoms with Crippen molar-refractivity contribution in [3.05, 3.63) is 48.5 Å². The number of carbonyl (C=O) groups is 2. The zero-order valence-corrected chi connectivity index (χ0v) is 24.0. The Morgan fingerprint density at radius 2 is 1.13 bits per heavy atom. The molecule has 0 radical (unpaired) electrons. The van der Waals surface area contributed by atoms with Crippen LogP contribution in [0.4, 0.5) is 11.4 Å². The molecular formula is C30H42N2O7. The Bertz CT molecular complexity index is 1050. The van der Waals surface area contributed by atoms with Gasteiger partial charge >= 0.3 is 11.9 Å². The van der Waals surface area contributed by atoms with Crippen molar-refractivity contribution in [2.75, 3.05) is 40.6 Å². The smallest absolute Gasteiger partial charge is 0.311 e. The van der Waals surface area contributed by atoms with Gasteiger partial charge in [0, 0.05) is 7.11 Å². The normalized spacial score (nSPS) is 11.8. The first kappa shape index (κ1) is 31.8. The number of hydrogen-bond donors (Lipinski definition) is 0. The molecule has 0 N–H and O–H groups in total. The molecule has 39 heavy (non-hydrogen) atoms. The highest BCUT2D eigenvalue weighted by Crippen LogP contribution is 2.35. The summed E-state index contributed by atoms with van der Waals surface area (Å²) < 4.78 is 26.6. The third-order valence-electron chi connectivity index (χ3n) is 5.99. The van der Waals surface area contributed by atoms with E-state index in [-0.39, 0.29) is 18.5 Å². The number of hydrogen-bond acceptors (Lipinski definition) is 9. The van der Waals surface area contributed by atoms with Crippen molar-refractivity contribution in [3.8, 4) is 11.5 Å². The summed E-state index contributed by atoms with van der Waals surface area (Å²) in [5, 5.41) is 8.46. The predicted molar refractivity (Wildman–Crippen MR) is 149 cm³/mol. The molecule has 0 unspecified atom stereocenters. The van der Waals surface area contributed by atoms with Crippen LogP contribution in [0, 0.1) is 10.8 Å². The van der Waals surface area contributed by atoms with E-state index >= 15 is 0 Å². The molecule has 0 saturated heterocycles. The van der Waals surface area contributed by atoms with Crippen molar-refractivity contribution < 1.29 is 33.3 Å². The lowest BCUT2D eigenvalue weighted by Crippen LogP contribution is -2.37. The van der Waals surface area contributed by atoms with E-state index in [0.717, 1.165) is 42.1 Å². The Morgan fingerprint density at radius 1 is 0.641 bits per heavy atom. The third kappa shape index (κ3) is 11.4. The summed E-state index contributed by atoms with van der Waals surface area (Å²) >= 11 is 0. The van der Waals surface area contributed by atoms with Crippen LogP contribution in [0.25, 0.3) is 0 Å². The Morgan fingerprint density at radius 3 is 1.64 bits per heavy atom. The largest absolute Gasteiger partial charge is 0.497 e. The van der Waals surface area contributed by atoms with Crippen molar-refractivity contribution in [3.63, 3.8) is 0 Å². The molecule has 0 spiro atoms. The van der Waals surface area contributed by atoms with Gasteiger partial charge in [-0.3, -0.25) is 9.59 Å². The van der Waals surface area contributed by atoms with Gasteiger partial charge in [-0.15, -0.1) is 0 Å². The second-order valence-corrected chi connectivity index (χ2v) is 10.5. The van der Waals surface area contributed by atoms with Crippen molar-refractivity contribution in [2.24, 2.45) is 21.1 Å². The molecule has 0 bridgehead atoms. The highest BCUT2D eigenvalue weighted by Gasteiger charge is 2.40. The zero-order valence-electron chi connectivity index (χ0n) is 24.0. The Labute approximate surface area is 231 Å². The molecule has 0 aromatic heterocycles. The summed E-state index contributed by atoms with van der Waals surface area (Å²) in [6.45, 7) is 8.55. The molecule has 0 aliphatic heterocycles. The number of ether oxygens (including phenoxy) is 5. The van der Waals surface area contributed by atoms with Crippen LogP contribution in [0.3, 0.4) is 0 Å². The van der Waals surface area contributed by atoms with Gasteiger partial charge in [0.15, 0.2) is 0 Å². The first-order valence-corrected chi connectivity index (χ1v) is 13.2. The van der Waals surface area contributed by atoms with Crippen molar-refractivity contribution in [1.29, 1.82) is 0 Å². The van der Waals surface area contributed by atoms with E-state index in [1.807, 2.05) is 48.5 Å². The maximum absolute atomic E-state index is 12.6. The van der Waals surface area contributed by atoms with Gasteiger partial charge in [-0.25, -0.2) is 0 Å². The summed E-state index contributed by atoms with van der Waals surface area (Å²) in [5.74, 6) is 0.860. The van der Waals surface area contributed by atoms with Gasteiger partial charge < -0.3 is 23.7 Å². The molecule has 0 amide bonds. The maximum atomic E-state index is 12.6. The fourth-order valence-electron chi connectivity index (χ4n) is 3.97. The molecule has 0 aliphatic rings. The lowest BCUT2D eigenvalue weighted by molar-refractivity contribution is -0.162. The molecule has 2 rings (SSSR count). The van der Waals surface area contributed by atoms with Crippen LogP contribution in [0.2, 0.25) is 0 Å². The average Bonchev–Trinajstić information content (AvgIpc) is 2.91. The Kier molecular flexibility index (Phi) is 12.9. The van der Waals surface area contributed by atoms with Crippen LogP contribution in [0.15, 0.2) is 58.8 Å². The van der Waals surface area contributed by atoms with Crippen molar-refractivity contribution in [1.82, 2.24) is 0 Å². The molecule has 214 valence electrons. The standard InChI is InChI=1S/C30H42N2O7/c1-29(2,22-30(3,4)28(34)39-21-20-35-5)27(33)38-19-9-7-8-18-37-26-16-12-24(13-17-26)32-31-23-10-14-25(36-6)15-11-23/h10-17H,7-9,18-22H2,1-6H3. The minimum atomic E-state index is -0.814. The van der Waals surface area contributed by atoms with Crippen LogP contribution in [0.1, 0.15) is 53.4 Å². The average molecular weight is 543 g/mol. The van der Waals surface area contributed by atoms with E-state index in [1.165, 1.54) is 0 Å². The SMILES string of the molecule is COCCOC(=O)C(C)(C)CC(C)(C)C(=O)OCCCCCOc1ccc(N=Nc2ccc(OC)cc2)cc1. The monoisotopic (exact) mass is 542 g/mol. The van der Waals surface area contributed by atoms with Gasteiger partial charge in [0.25, 0.3) is 0 Å². The van der Waals surface area contributed by atoms with E-state index in [9.17, 15) is 9.59 Å². The van der Waals surface area contributed by atoms with Gasteiger partial charge in [-0.05, 0) is 102 Å². The molecule has 0 atom stereocenters. The second kappa shape index (κ2) is 15.8. The first-order chi connectivity index (χ1) is 18.6. The number of carbonyl (C=O) groups excluding carboxylic acids is 2. The van der Waals surface area contributed by atoms with Crippen LogP contribution < -0.4 is 9.47 Å². The summed E-state index contributed by atoms with van der Waals surface area (Å²) in [6, 6.07) is 14.8. The molecule has 0 heterocycles. The minimum Gasteiger partial charge on any atom is -0.497 e.